The van der Waals surface area contributed by atoms with E-state index in [0.717, 1.165) is 13.0 Å². The van der Waals surface area contributed by atoms with Gasteiger partial charge >= 0.3 is 5.97 Å². The third-order valence-corrected chi connectivity index (χ3v) is 4.74. The van der Waals surface area contributed by atoms with Gasteiger partial charge in [-0.2, -0.15) is 0 Å². The van der Waals surface area contributed by atoms with Crippen molar-refractivity contribution in [3.05, 3.63) is 46.8 Å². The van der Waals surface area contributed by atoms with Gasteiger partial charge in [-0.3, -0.25) is 4.79 Å². The van der Waals surface area contributed by atoms with E-state index in [1.165, 1.54) is 39.3 Å². The van der Waals surface area contributed by atoms with E-state index in [0.29, 0.717) is 17.9 Å². The lowest BCUT2D eigenvalue weighted by Gasteiger charge is -2.26. The van der Waals surface area contributed by atoms with E-state index in [2.05, 4.69) is 10.1 Å². The highest BCUT2D eigenvalue weighted by Gasteiger charge is 2.25. The molecule has 2 aromatic rings. The molecule has 27 heavy (non-hydrogen) atoms. The summed E-state index contributed by atoms with van der Waals surface area (Å²) in [4.78, 5) is 26.2. The molecule has 1 saturated heterocycles. The van der Waals surface area contributed by atoms with E-state index >= 15 is 0 Å². The van der Waals surface area contributed by atoms with E-state index in [-0.39, 0.29) is 17.0 Å². The van der Waals surface area contributed by atoms with Gasteiger partial charge in [0.15, 0.2) is 5.78 Å². The Morgan fingerprint density at radius 1 is 1.19 bits per heavy atom. The zero-order chi connectivity index (χ0) is 19.2. The van der Waals surface area contributed by atoms with Crippen LogP contribution in [-0.2, 0) is 0 Å². The lowest BCUT2D eigenvalue weighted by molar-refractivity contribution is 0.0682. The molecule has 0 saturated carbocycles. The molecule has 1 fully saturated rings. The number of carbonyl (C=O) groups excluding carboxylic acids is 1. The third kappa shape index (κ3) is 4.74. The number of carboxylic acid groups (broad SMARTS) is 1. The van der Waals surface area contributed by atoms with Crippen molar-refractivity contribution in [2.45, 2.75) is 32.6 Å². The van der Waals surface area contributed by atoms with Gasteiger partial charge in [-0.25, -0.2) is 4.79 Å². The Hall–Kier alpha value is -2.67. The molecule has 7 nitrogen and oxygen atoms in total. The average molecular weight is 372 g/mol. The molecule has 0 spiro atoms. The Morgan fingerprint density at radius 2 is 1.89 bits per heavy atom. The molecule has 1 aromatic carbocycles. The highest BCUT2D eigenvalue weighted by molar-refractivity contribution is 6.14. The second kappa shape index (κ2) is 8.81. The fourth-order valence-corrected chi connectivity index (χ4v) is 3.29. The second-order valence-corrected chi connectivity index (χ2v) is 6.73. The number of rotatable bonds is 8. The van der Waals surface area contributed by atoms with E-state index < -0.39 is 11.8 Å². The van der Waals surface area contributed by atoms with Gasteiger partial charge in [0.2, 0.25) is 5.69 Å². The quantitative estimate of drug-likeness (QED) is 0.562. The summed E-state index contributed by atoms with van der Waals surface area (Å²) in [5.74, 6) is -0.840. The fourth-order valence-electron chi connectivity index (χ4n) is 3.29. The smallest absolute Gasteiger partial charge is 0.358 e. The van der Waals surface area contributed by atoms with Gasteiger partial charge in [-0.05, 0) is 63.5 Å². The first-order chi connectivity index (χ1) is 13.1. The maximum absolute atomic E-state index is 12.6. The number of ether oxygens (including phenoxy) is 1. The molecule has 0 radical (unpaired) electrons. The Balaban J connectivity index is 1.55. The summed E-state index contributed by atoms with van der Waals surface area (Å²) in [6.07, 6.45) is 4.86. The molecule has 7 heteroatoms. The maximum Gasteiger partial charge on any atom is 0.358 e. The SMILES string of the molecule is Cc1onc(C(=O)O)c1C(=O)c1ccc(OCCCN2CCCCC2)cc1. The number of aromatic carboxylic acids is 1. The Morgan fingerprint density at radius 3 is 2.56 bits per heavy atom. The molecule has 144 valence electrons. The molecule has 0 amide bonds. The van der Waals surface area contributed by atoms with Crippen molar-refractivity contribution in [3.8, 4) is 5.75 Å². The molecular formula is C20H24N2O5. The normalized spacial score (nSPS) is 14.9. The molecule has 3 rings (SSSR count). The van der Waals surface area contributed by atoms with Crippen LogP contribution >= 0.6 is 0 Å². The molecule has 1 aliphatic rings. The van der Waals surface area contributed by atoms with E-state index in [4.69, 9.17) is 14.4 Å². The summed E-state index contributed by atoms with van der Waals surface area (Å²) in [6, 6.07) is 6.69. The van der Waals surface area contributed by atoms with Gasteiger partial charge in [0.1, 0.15) is 11.5 Å². The van der Waals surface area contributed by atoms with Crippen molar-refractivity contribution in [1.29, 1.82) is 0 Å². The van der Waals surface area contributed by atoms with Gasteiger partial charge in [0.05, 0.1) is 12.2 Å². The number of likely N-dealkylation sites (tertiary alicyclic amines) is 1. The van der Waals surface area contributed by atoms with Crippen LogP contribution in [0.15, 0.2) is 28.8 Å². The van der Waals surface area contributed by atoms with Crippen molar-refractivity contribution in [2.24, 2.45) is 0 Å². The first kappa shape index (κ1) is 19.1. The number of nitrogens with zero attached hydrogens (tertiary/aromatic N) is 2. The summed E-state index contributed by atoms with van der Waals surface area (Å²) in [5, 5.41) is 12.6. The number of aryl methyl sites for hydroxylation is 1. The van der Waals surface area contributed by atoms with Crippen LogP contribution in [-0.4, -0.2) is 53.2 Å². The molecule has 1 N–H and O–H groups in total. The monoisotopic (exact) mass is 372 g/mol. The molecule has 1 aromatic heterocycles. The highest BCUT2D eigenvalue weighted by Crippen LogP contribution is 2.20. The summed E-state index contributed by atoms with van der Waals surface area (Å²) in [5.41, 5.74) is -0.0160. The molecule has 2 heterocycles. The van der Waals surface area contributed by atoms with Crippen LogP contribution in [0.5, 0.6) is 5.75 Å². The molecule has 1 aliphatic heterocycles. The van der Waals surface area contributed by atoms with Crippen LogP contribution < -0.4 is 4.74 Å². The van der Waals surface area contributed by atoms with Crippen molar-refractivity contribution in [2.75, 3.05) is 26.2 Å². The minimum Gasteiger partial charge on any atom is -0.494 e. The van der Waals surface area contributed by atoms with Crippen LogP contribution in [0, 0.1) is 6.92 Å². The Kier molecular flexibility index (Phi) is 6.24. The zero-order valence-electron chi connectivity index (χ0n) is 15.4. The standard InChI is InChI=1S/C20H24N2O5/c1-14-17(18(20(24)25)21-27-14)19(23)15-6-8-16(9-7-15)26-13-5-12-22-10-3-2-4-11-22/h6-9H,2-5,10-13H2,1H3,(H,24,25). The van der Waals surface area contributed by atoms with Crippen LogP contribution in [0.4, 0.5) is 0 Å². The minimum absolute atomic E-state index is 0.0160. The topological polar surface area (TPSA) is 92.9 Å². The number of hydrogen-bond acceptors (Lipinski definition) is 6. The lowest BCUT2D eigenvalue weighted by Crippen LogP contribution is -2.31. The highest BCUT2D eigenvalue weighted by atomic mass is 16.5. The van der Waals surface area contributed by atoms with Crippen molar-refractivity contribution in [1.82, 2.24) is 10.1 Å². The van der Waals surface area contributed by atoms with Crippen LogP contribution in [0.2, 0.25) is 0 Å². The van der Waals surface area contributed by atoms with Crippen LogP contribution in [0.1, 0.15) is 57.9 Å². The predicted molar refractivity (Wildman–Crippen MR) is 98.5 cm³/mol. The summed E-state index contributed by atoms with van der Waals surface area (Å²) < 4.78 is 10.6. The maximum atomic E-state index is 12.6. The number of carboxylic acids is 1. The molecule has 0 atom stereocenters. The number of benzene rings is 1. The Bertz CT molecular complexity index is 791. The third-order valence-electron chi connectivity index (χ3n) is 4.74. The van der Waals surface area contributed by atoms with Crippen molar-refractivity contribution in [3.63, 3.8) is 0 Å². The summed E-state index contributed by atoms with van der Waals surface area (Å²) in [7, 11) is 0. The molecule has 0 bridgehead atoms. The fraction of sp³-hybridized carbons (Fsp3) is 0.450. The van der Waals surface area contributed by atoms with Gasteiger partial charge in [-0.1, -0.05) is 11.6 Å². The average Bonchev–Trinajstić information content (AvgIpc) is 3.08. The second-order valence-electron chi connectivity index (χ2n) is 6.73. The van der Waals surface area contributed by atoms with Crippen LogP contribution in [0.25, 0.3) is 0 Å². The molecular weight excluding hydrogens is 348 g/mol. The van der Waals surface area contributed by atoms with Gasteiger partial charge in [0, 0.05) is 12.1 Å². The summed E-state index contributed by atoms with van der Waals surface area (Å²) >= 11 is 0. The molecule has 0 unspecified atom stereocenters. The van der Waals surface area contributed by atoms with E-state index in [1.807, 2.05) is 0 Å². The zero-order valence-corrected chi connectivity index (χ0v) is 15.4. The van der Waals surface area contributed by atoms with E-state index in [1.54, 1.807) is 24.3 Å². The number of aromatic nitrogens is 1. The van der Waals surface area contributed by atoms with Crippen LogP contribution in [0.3, 0.4) is 0 Å². The Labute approximate surface area is 157 Å². The lowest BCUT2D eigenvalue weighted by atomic mass is 10.0. The van der Waals surface area contributed by atoms with Crippen molar-refractivity contribution >= 4 is 11.8 Å². The first-order valence-electron chi connectivity index (χ1n) is 9.26. The van der Waals surface area contributed by atoms with Crippen molar-refractivity contribution < 1.29 is 24.0 Å². The summed E-state index contributed by atoms with van der Waals surface area (Å²) in [6.45, 7) is 5.54. The minimum atomic E-state index is -1.29. The number of hydrogen-bond donors (Lipinski definition) is 1. The number of piperidine rings is 1. The number of ketones is 1. The van der Waals surface area contributed by atoms with Gasteiger partial charge in [0.25, 0.3) is 0 Å². The van der Waals surface area contributed by atoms with Gasteiger partial charge in [-0.15, -0.1) is 0 Å². The number of carbonyl (C=O) groups is 2. The predicted octanol–water partition coefficient (Wildman–Crippen LogP) is 3.17. The largest absolute Gasteiger partial charge is 0.494 e. The van der Waals surface area contributed by atoms with E-state index in [9.17, 15) is 9.59 Å². The van der Waals surface area contributed by atoms with Gasteiger partial charge < -0.3 is 19.3 Å². The molecule has 0 aliphatic carbocycles. The first-order valence-corrected chi connectivity index (χ1v) is 9.26.